The number of anilines is 2. The van der Waals surface area contributed by atoms with Crippen LogP contribution in [0.1, 0.15) is 27.4 Å². The summed E-state index contributed by atoms with van der Waals surface area (Å²) in [5, 5.41) is 3.41. The van der Waals surface area contributed by atoms with Gasteiger partial charge >= 0.3 is 0 Å². The summed E-state index contributed by atoms with van der Waals surface area (Å²) in [4.78, 5) is 25.7. The fraction of sp³-hybridized carbons (Fsp3) is 0.318. The molecule has 1 fully saturated rings. The molecular weight excluding hydrogens is 366 g/mol. The Balaban J connectivity index is 1.40. The Morgan fingerprint density at radius 3 is 2.59 bits per heavy atom. The molecule has 0 bridgehead atoms. The van der Waals surface area contributed by atoms with Gasteiger partial charge in [-0.3, -0.25) is 4.79 Å². The van der Waals surface area contributed by atoms with Crippen molar-refractivity contribution in [1.29, 1.82) is 0 Å². The molecule has 1 amide bonds. The summed E-state index contributed by atoms with van der Waals surface area (Å²) in [5.41, 5.74) is 3.41. The molecule has 150 valence electrons. The van der Waals surface area contributed by atoms with Crippen molar-refractivity contribution >= 4 is 17.7 Å². The highest BCUT2D eigenvalue weighted by atomic mass is 16.3. The number of hydrogen-bond donors (Lipinski definition) is 1. The molecule has 29 heavy (non-hydrogen) atoms. The van der Waals surface area contributed by atoms with Crippen molar-refractivity contribution in [2.45, 2.75) is 20.4 Å². The average molecular weight is 391 g/mol. The Hall–Kier alpha value is -3.35. The smallest absolute Gasteiger partial charge is 0.289 e. The molecule has 3 aromatic rings. The largest absolute Gasteiger partial charge is 0.459 e. The van der Waals surface area contributed by atoms with E-state index in [-0.39, 0.29) is 5.91 Å². The minimum absolute atomic E-state index is 0.0691. The van der Waals surface area contributed by atoms with Crippen molar-refractivity contribution in [1.82, 2.24) is 14.9 Å². The number of rotatable bonds is 5. The zero-order valence-corrected chi connectivity index (χ0v) is 16.8. The molecule has 0 atom stereocenters. The van der Waals surface area contributed by atoms with Crippen molar-refractivity contribution in [3.05, 3.63) is 71.3 Å². The molecule has 4 rings (SSSR count). The lowest BCUT2D eigenvalue weighted by Crippen LogP contribution is -2.49. The van der Waals surface area contributed by atoms with Crippen molar-refractivity contribution < 1.29 is 9.21 Å². The third-order valence-electron chi connectivity index (χ3n) is 5.15. The first-order valence-electron chi connectivity index (χ1n) is 9.82. The second kappa shape index (κ2) is 8.34. The van der Waals surface area contributed by atoms with E-state index in [4.69, 9.17) is 9.40 Å². The van der Waals surface area contributed by atoms with Gasteiger partial charge in [-0.1, -0.05) is 24.3 Å². The van der Waals surface area contributed by atoms with Gasteiger partial charge < -0.3 is 19.5 Å². The number of nitrogens with zero attached hydrogens (tertiary/aromatic N) is 4. The van der Waals surface area contributed by atoms with E-state index in [2.05, 4.69) is 34.3 Å². The summed E-state index contributed by atoms with van der Waals surface area (Å²) in [7, 11) is 0. The highest BCUT2D eigenvalue weighted by Gasteiger charge is 2.25. The molecule has 0 spiro atoms. The standard InChI is InChI=1S/C22H25N5O2/c1-16-6-3-4-7-18(16)15-23-20-14-17(2)24-22(25-20)27-11-9-26(10-12-27)21(28)19-8-5-13-29-19/h3-8,13-14H,9-12,15H2,1-2H3,(H,23,24,25). The van der Waals surface area contributed by atoms with Crippen LogP contribution >= 0.6 is 0 Å². The highest BCUT2D eigenvalue weighted by molar-refractivity contribution is 5.91. The molecule has 2 aromatic heterocycles. The fourth-order valence-corrected chi connectivity index (χ4v) is 3.44. The minimum atomic E-state index is -0.0691. The van der Waals surface area contributed by atoms with Crippen LogP contribution in [0, 0.1) is 13.8 Å². The number of carbonyl (C=O) groups is 1. The van der Waals surface area contributed by atoms with Gasteiger partial charge in [-0.05, 0) is 37.1 Å². The van der Waals surface area contributed by atoms with Crippen LogP contribution in [-0.4, -0.2) is 47.0 Å². The van der Waals surface area contributed by atoms with Crippen molar-refractivity contribution in [2.75, 3.05) is 36.4 Å². The van der Waals surface area contributed by atoms with Crippen LogP contribution in [-0.2, 0) is 6.54 Å². The summed E-state index contributed by atoms with van der Waals surface area (Å²) in [6, 6.07) is 13.7. The molecule has 3 heterocycles. The lowest BCUT2D eigenvalue weighted by atomic mass is 10.1. The Morgan fingerprint density at radius 2 is 1.86 bits per heavy atom. The summed E-state index contributed by atoms with van der Waals surface area (Å²) in [5.74, 6) is 1.82. The van der Waals surface area contributed by atoms with Crippen LogP contribution in [0.5, 0.6) is 0 Å². The van der Waals surface area contributed by atoms with Gasteiger partial charge in [0.05, 0.1) is 6.26 Å². The number of aryl methyl sites for hydroxylation is 2. The van der Waals surface area contributed by atoms with E-state index >= 15 is 0 Å². The van der Waals surface area contributed by atoms with Crippen molar-refractivity contribution in [3.63, 3.8) is 0 Å². The molecule has 1 saturated heterocycles. The fourth-order valence-electron chi connectivity index (χ4n) is 3.44. The molecule has 1 aromatic carbocycles. The molecule has 7 heteroatoms. The van der Waals surface area contributed by atoms with Crippen LogP contribution in [0.3, 0.4) is 0 Å². The molecule has 1 N–H and O–H groups in total. The Bertz CT molecular complexity index is 979. The van der Waals surface area contributed by atoms with Crippen LogP contribution in [0.25, 0.3) is 0 Å². The number of nitrogens with one attached hydrogen (secondary N) is 1. The van der Waals surface area contributed by atoms with Gasteiger partial charge in [0.2, 0.25) is 5.95 Å². The normalized spacial score (nSPS) is 14.1. The van der Waals surface area contributed by atoms with Crippen LogP contribution in [0.4, 0.5) is 11.8 Å². The van der Waals surface area contributed by atoms with E-state index in [1.165, 1.54) is 17.4 Å². The average Bonchev–Trinajstić information content (AvgIpc) is 3.27. The molecule has 1 aliphatic heterocycles. The number of aromatic nitrogens is 2. The zero-order valence-electron chi connectivity index (χ0n) is 16.8. The number of amides is 1. The molecule has 1 aliphatic rings. The number of benzene rings is 1. The number of carbonyl (C=O) groups excluding carboxylic acids is 1. The second-order valence-electron chi connectivity index (χ2n) is 7.23. The maximum atomic E-state index is 12.4. The third kappa shape index (κ3) is 4.39. The lowest BCUT2D eigenvalue weighted by Gasteiger charge is -2.34. The van der Waals surface area contributed by atoms with Gasteiger partial charge in [-0.15, -0.1) is 0 Å². The quantitative estimate of drug-likeness (QED) is 0.720. The Kier molecular flexibility index (Phi) is 5.46. The molecule has 0 aliphatic carbocycles. The molecule has 7 nitrogen and oxygen atoms in total. The SMILES string of the molecule is Cc1cc(NCc2ccccc2C)nc(N2CCN(C(=O)c3ccco3)CC2)n1. The zero-order chi connectivity index (χ0) is 20.2. The topological polar surface area (TPSA) is 74.5 Å². The van der Waals surface area contributed by atoms with Crippen molar-refractivity contribution in [3.8, 4) is 0 Å². The highest BCUT2D eigenvalue weighted by Crippen LogP contribution is 2.18. The van der Waals surface area contributed by atoms with E-state index in [0.717, 1.165) is 11.5 Å². The van der Waals surface area contributed by atoms with Gasteiger partial charge in [0.25, 0.3) is 5.91 Å². The minimum Gasteiger partial charge on any atom is -0.459 e. The monoisotopic (exact) mass is 391 g/mol. The molecule has 0 radical (unpaired) electrons. The summed E-state index contributed by atoms with van der Waals surface area (Å²) < 4.78 is 5.23. The lowest BCUT2D eigenvalue weighted by molar-refractivity contribution is 0.0714. The van der Waals surface area contributed by atoms with Crippen molar-refractivity contribution in [2.24, 2.45) is 0 Å². The Labute approximate surface area is 170 Å². The van der Waals surface area contributed by atoms with E-state index in [1.807, 2.05) is 30.0 Å². The summed E-state index contributed by atoms with van der Waals surface area (Å²) in [6.45, 7) is 7.40. The summed E-state index contributed by atoms with van der Waals surface area (Å²) in [6.07, 6.45) is 1.52. The van der Waals surface area contributed by atoms with Crippen LogP contribution in [0.15, 0.2) is 53.1 Å². The predicted octanol–water partition coefficient (Wildman–Crippen LogP) is 3.26. The number of piperazine rings is 1. The maximum Gasteiger partial charge on any atom is 0.289 e. The Morgan fingerprint density at radius 1 is 1.07 bits per heavy atom. The van der Waals surface area contributed by atoms with Gasteiger partial charge in [0, 0.05) is 44.5 Å². The van der Waals surface area contributed by atoms with E-state index in [1.54, 1.807) is 12.1 Å². The van der Waals surface area contributed by atoms with E-state index in [0.29, 0.717) is 44.4 Å². The van der Waals surface area contributed by atoms with E-state index in [9.17, 15) is 4.79 Å². The van der Waals surface area contributed by atoms with Crippen LogP contribution < -0.4 is 10.2 Å². The predicted molar refractivity (Wildman–Crippen MR) is 112 cm³/mol. The van der Waals surface area contributed by atoms with Gasteiger partial charge in [0.1, 0.15) is 5.82 Å². The molecular formula is C22H25N5O2. The molecule has 0 unspecified atom stereocenters. The number of furan rings is 1. The van der Waals surface area contributed by atoms with Gasteiger partial charge in [0.15, 0.2) is 5.76 Å². The first-order chi connectivity index (χ1) is 14.1. The van der Waals surface area contributed by atoms with Gasteiger partial charge in [-0.2, -0.15) is 4.98 Å². The summed E-state index contributed by atoms with van der Waals surface area (Å²) >= 11 is 0. The first-order valence-corrected chi connectivity index (χ1v) is 9.82. The number of hydrogen-bond acceptors (Lipinski definition) is 6. The first kappa shape index (κ1) is 19.0. The van der Waals surface area contributed by atoms with Gasteiger partial charge in [-0.25, -0.2) is 4.98 Å². The third-order valence-corrected chi connectivity index (χ3v) is 5.15. The van der Waals surface area contributed by atoms with Crippen LogP contribution in [0.2, 0.25) is 0 Å². The van der Waals surface area contributed by atoms with E-state index < -0.39 is 0 Å². The second-order valence-corrected chi connectivity index (χ2v) is 7.23. The molecule has 0 saturated carbocycles. The maximum absolute atomic E-state index is 12.4.